The standard InChI is InChI=1S/C27H32N2O6S/c30-23-16-36(34,35)15-21(23)28-24(31)14-29-22-13-19(27(32)33)11-12-20(22)25(17-7-3-1-4-8-17)26(29)18-9-5-2-6-10-18/h2,5-6,9-13,17,21,23,30,34-35H,1,3-4,7-8,14-16H2,(H,28,31)(H,32,33)/t21-,23-/m0/s1. The SMILES string of the molecule is O=C(Cn1c(-c2ccccc2)c(C2CCCCC2)c2ccc(C(=O)O)cc21)N[C@H]1CS(O)(O)C[C@@H]1O. The van der Waals surface area contributed by atoms with E-state index in [1.807, 2.05) is 41.0 Å². The molecule has 3 aromatic rings. The second-order valence-corrected chi connectivity index (χ2v) is 12.2. The zero-order chi connectivity index (χ0) is 25.4. The molecule has 2 heterocycles. The van der Waals surface area contributed by atoms with Crippen LogP contribution < -0.4 is 5.32 Å². The van der Waals surface area contributed by atoms with E-state index in [1.54, 1.807) is 12.1 Å². The van der Waals surface area contributed by atoms with Gasteiger partial charge in [-0.2, -0.15) is 10.6 Å². The number of nitrogens with one attached hydrogen (secondary N) is 1. The minimum atomic E-state index is -2.91. The summed E-state index contributed by atoms with van der Waals surface area (Å²) in [5.74, 6) is -1.32. The van der Waals surface area contributed by atoms with Gasteiger partial charge in [-0.15, -0.1) is 0 Å². The van der Waals surface area contributed by atoms with Gasteiger partial charge in [-0.3, -0.25) is 13.9 Å². The summed E-state index contributed by atoms with van der Waals surface area (Å²) >= 11 is 0. The number of amides is 1. The number of aliphatic hydroxyl groups is 1. The molecule has 192 valence electrons. The Morgan fingerprint density at radius 2 is 1.72 bits per heavy atom. The molecule has 2 atom stereocenters. The third-order valence-electron chi connectivity index (χ3n) is 7.41. The van der Waals surface area contributed by atoms with E-state index in [-0.39, 0.29) is 29.5 Å². The summed E-state index contributed by atoms with van der Waals surface area (Å²) in [6, 6.07) is 14.2. The number of hydrogen-bond acceptors (Lipinski definition) is 5. The number of carboxylic acid groups (broad SMARTS) is 1. The van der Waals surface area contributed by atoms with Crippen molar-refractivity contribution in [1.29, 1.82) is 0 Å². The first-order valence-electron chi connectivity index (χ1n) is 12.4. The average Bonchev–Trinajstić information content (AvgIpc) is 3.31. The lowest BCUT2D eigenvalue weighted by Gasteiger charge is -2.25. The van der Waals surface area contributed by atoms with Crippen molar-refractivity contribution in [2.24, 2.45) is 0 Å². The summed E-state index contributed by atoms with van der Waals surface area (Å²) in [5.41, 5.74) is 3.84. The Labute approximate surface area is 211 Å². The van der Waals surface area contributed by atoms with Crippen LogP contribution in [0, 0.1) is 0 Å². The van der Waals surface area contributed by atoms with Gasteiger partial charge < -0.3 is 20.1 Å². The lowest BCUT2D eigenvalue weighted by atomic mass is 9.82. The van der Waals surface area contributed by atoms with Crippen LogP contribution in [0.15, 0.2) is 48.5 Å². The highest BCUT2D eigenvalue weighted by Crippen LogP contribution is 2.46. The van der Waals surface area contributed by atoms with E-state index in [0.29, 0.717) is 11.4 Å². The van der Waals surface area contributed by atoms with Crippen molar-refractivity contribution in [3.8, 4) is 11.3 Å². The van der Waals surface area contributed by atoms with Gasteiger partial charge in [0.1, 0.15) is 6.54 Å². The molecule has 2 fully saturated rings. The average molecular weight is 513 g/mol. The van der Waals surface area contributed by atoms with Gasteiger partial charge in [0.05, 0.1) is 40.4 Å². The van der Waals surface area contributed by atoms with Gasteiger partial charge >= 0.3 is 5.97 Å². The molecule has 1 saturated heterocycles. The second-order valence-electron chi connectivity index (χ2n) is 9.96. The lowest BCUT2D eigenvalue weighted by Crippen LogP contribution is -2.43. The molecular formula is C27H32N2O6S. The van der Waals surface area contributed by atoms with Gasteiger partial charge in [0, 0.05) is 5.39 Å². The third kappa shape index (κ3) is 4.88. The van der Waals surface area contributed by atoms with Crippen molar-refractivity contribution >= 4 is 33.4 Å². The Morgan fingerprint density at radius 1 is 1.00 bits per heavy atom. The first-order valence-corrected chi connectivity index (χ1v) is 14.3. The predicted octanol–water partition coefficient (Wildman–Crippen LogP) is 4.66. The summed E-state index contributed by atoms with van der Waals surface area (Å²) in [5, 5.41) is 23.6. The number of carbonyl (C=O) groups excluding carboxylic acids is 1. The van der Waals surface area contributed by atoms with Gasteiger partial charge in [0.2, 0.25) is 5.91 Å². The molecule has 0 bridgehead atoms. The van der Waals surface area contributed by atoms with Crippen LogP contribution in [0.2, 0.25) is 0 Å². The number of aromatic nitrogens is 1. The maximum atomic E-state index is 13.2. The Hall–Kier alpha value is -2.85. The van der Waals surface area contributed by atoms with Gasteiger partial charge in [-0.25, -0.2) is 4.79 Å². The molecule has 5 rings (SSSR count). The zero-order valence-corrected chi connectivity index (χ0v) is 20.8. The van der Waals surface area contributed by atoms with Crippen LogP contribution in [0.1, 0.15) is 53.9 Å². The number of rotatable bonds is 6. The molecule has 1 aliphatic heterocycles. The predicted molar refractivity (Wildman–Crippen MR) is 141 cm³/mol. The Kier molecular flexibility index (Phi) is 6.82. The fraction of sp³-hybridized carbons (Fsp3) is 0.407. The van der Waals surface area contributed by atoms with Gasteiger partial charge in [-0.05, 0) is 42.0 Å². The summed E-state index contributed by atoms with van der Waals surface area (Å²) in [6.45, 7) is -0.0844. The normalized spacial score (nSPS) is 23.0. The molecule has 0 unspecified atom stereocenters. The molecule has 1 saturated carbocycles. The van der Waals surface area contributed by atoms with Gasteiger partial charge in [-0.1, -0.05) is 55.7 Å². The molecule has 0 spiro atoms. The van der Waals surface area contributed by atoms with E-state index in [2.05, 4.69) is 5.32 Å². The number of carbonyl (C=O) groups is 2. The quantitative estimate of drug-likeness (QED) is 0.326. The van der Waals surface area contributed by atoms with Crippen LogP contribution >= 0.6 is 10.6 Å². The smallest absolute Gasteiger partial charge is 0.335 e. The van der Waals surface area contributed by atoms with E-state index in [9.17, 15) is 28.9 Å². The Balaban J connectivity index is 1.62. The minimum Gasteiger partial charge on any atom is -0.478 e. The van der Waals surface area contributed by atoms with Crippen molar-refractivity contribution in [3.63, 3.8) is 0 Å². The monoisotopic (exact) mass is 512 g/mol. The topological polar surface area (TPSA) is 132 Å². The highest BCUT2D eigenvalue weighted by molar-refractivity contribution is 8.24. The first-order chi connectivity index (χ1) is 17.2. The van der Waals surface area contributed by atoms with Crippen molar-refractivity contribution < 1.29 is 28.9 Å². The number of carboxylic acids is 1. The molecular weight excluding hydrogens is 480 g/mol. The number of aliphatic hydroxyl groups excluding tert-OH is 1. The molecule has 2 aliphatic rings. The maximum absolute atomic E-state index is 13.2. The van der Waals surface area contributed by atoms with Crippen LogP contribution in [0.3, 0.4) is 0 Å². The largest absolute Gasteiger partial charge is 0.478 e. The summed E-state index contributed by atoms with van der Waals surface area (Å²) in [4.78, 5) is 25.1. The number of aromatic carboxylic acids is 1. The van der Waals surface area contributed by atoms with Crippen LogP contribution in [0.4, 0.5) is 0 Å². The fourth-order valence-electron chi connectivity index (χ4n) is 5.78. The number of fused-ring (bicyclic) bond motifs is 1. The molecule has 1 aromatic heterocycles. The number of hydrogen-bond donors (Lipinski definition) is 5. The number of nitrogens with zero attached hydrogens (tertiary/aromatic N) is 1. The second kappa shape index (κ2) is 9.89. The number of benzene rings is 2. The maximum Gasteiger partial charge on any atom is 0.335 e. The zero-order valence-electron chi connectivity index (χ0n) is 20.0. The van der Waals surface area contributed by atoms with Crippen LogP contribution in [0.25, 0.3) is 22.2 Å². The van der Waals surface area contributed by atoms with Crippen molar-refractivity contribution in [2.45, 2.75) is 56.7 Å². The molecule has 9 heteroatoms. The van der Waals surface area contributed by atoms with Gasteiger partial charge in [0.15, 0.2) is 0 Å². The van der Waals surface area contributed by atoms with E-state index in [4.69, 9.17) is 0 Å². The molecule has 1 amide bonds. The Morgan fingerprint density at radius 3 is 2.36 bits per heavy atom. The lowest BCUT2D eigenvalue weighted by molar-refractivity contribution is -0.122. The third-order valence-corrected chi connectivity index (χ3v) is 9.18. The van der Waals surface area contributed by atoms with E-state index < -0.39 is 28.7 Å². The van der Waals surface area contributed by atoms with Crippen molar-refractivity contribution in [3.05, 3.63) is 59.7 Å². The van der Waals surface area contributed by atoms with E-state index >= 15 is 0 Å². The van der Waals surface area contributed by atoms with Crippen molar-refractivity contribution in [1.82, 2.24) is 9.88 Å². The highest BCUT2D eigenvalue weighted by Gasteiger charge is 2.37. The highest BCUT2D eigenvalue weighted by atomic mass is 32.3. The van der Waals surface area contributed by atoms with E-state index in [0.717, 1.165) is 47.9 Å². The summed E-state index contributed by atoms with van der Waals surface area (Å²) < 4.78 is 21.8. The summed E-state index contributed by atoms with van der Waals surface area (Å²) in [7, 11) is -2.91. The summed E-state index contributed by atoms with van der Waals surface area (Å²) in [6.07, 6.45) is 4.52. The van der Waals surface area contributed by atoms with E-state index in [1.165, 1.54) is 6.42 Å². The fourth-order valence-corrected chi connectivity index (χ4v) is 7.57. The molecule has 2 aromatic carbocycles. The van der Waals surface area contributed by atoms with Crippen LogP contribution in [-0.2, 0) is 11.3 Å². The first kappa shape index (κ1) is 24.8. The van der Waals surface area contributed by atoms with Crippen LogP contribution in [0.5, 0.6) is 0 Å². The van der Waals surface area contributed by atoms with Crippen molar-refractivity contribution in [2.75, 3.05) is 11.5 Å². The minimum absolute atomic E-state index is 0.0750. The molecule has 1 aliphatic carbocycles. The Bertz CT molecular complexity index is 1280. The molecule has 8 nitrogen and oxygen atoms in total. The molecule has 5 N–H and O–H groups in total. The van der Waals surface area contributed by atoms with Crippen LogP contribution in [-0.4, -0.2) is 59.4 Å². The van der Waals surface area contributed by atoms with Gasteiger partial charge in [0.25, 0.3) is 0 Å². The molecule has 0 radical (unpaired) electrons. The molecule has 36 heavy (non-hydrogen) atoms.